The third-order valence-electron chi connectivity index (χ3n) is 6.65. The number of likely N-dealkylation sites (tertiary alicyclic amines) is 1. The predicted molar refractivity (Wildman–Crippen MR) is 113 cm³/mol. The fourth-order valence-corrected chi connectivity index (χ4v) is 6.90. The molecule has 3 aliphatic rings. The van der Waals surface area contributed by atoms with Gasteiger partial charge in [-0.2, -0.15) is 0 Å². The van der Waals surface area contributed by atoms with Crippen molar-refractivity contribution in [3.8, 4) is 0 Å². The number of carbonyl (C=O) groups is 1. The SMILES string of the molecule is O=C(O)CC[C@]12CN(C/C=C/c3ccccc3)C[C@H]1CN(S(=O)(=O)CC1CC1)C2. The number of hydrogen-bond donors (Lipinski definition) is 1. The lowest BCUT2D eigenvalue weighted by atomic mass is 9.77. The first kappa shape index (κ1) is 20.6. The molecule has 1 aromatic rings. The van der Waals surface area contributed by atoms with Crippen molar-refractivity contribution in [2.45, 2.75) is 25.7 Å². The Bertz CT molecular complexity index is 866. The van der Waals surface area contributed by atoms with Gasteiger partial charge in [0.1, 0.15) is 0 Å². The maximum Gasteiger partial charge on any atom is 0.303 e. The van der Waals surface area contributed by atoms with Crippen LogP contribution in [0.3, 0.4) is 0 Å². The van der Waals surface area contributed by atoms with Crippen LogP contribution in [0.4, 0.5) is 0 Å². The van der Waals surface area contributed by atoms with E-state index in [2.05, 4.69) is 29.2 Å². The van der Waals surface area contributed by atoms with E-state index < -0.39 is 16.0 Å². The standard InChI is InChI=1S/C22H30N2O4S/c25-21(26)10-11-22-16-23(12-4-7-18-5-2-1-3-6-18)13-20(22)14-24(17-22)29(27,28)15-19-8-9-19/h1-7,19-20H,8-17H2,(H,25,26)/b7-4+/t20-,22+/m0/s1. The molecule has 6 nitrogen and oxygen atoms in total. The molecule has 0 aromatic heterocycles. The van der Waals surface area contributed by atoms with Gasteiger partial charge in [0.25, 0.3) is 0 Å². The third-order valence-corrected chi connectivity index (χ3v) is 8.60. The van der Waals surface area contributed by atoms with Gasteiger partial charge in [0.15, 0.2) is 0 Å². The zero-order valence-electron chi connectivity index (χ0n) is 16.7. The van der Waals surface area contributed by atoms with E-state index in [-0.39, 0.29) is 23.5 Å². The zero-order valence-corrected chi connectivity index (χ0v) is 17.6. The minimum Gasteiger partial charge on any atom is -0.481 e. The molecule has 1 saturated carbocycles. The van der Waals surface area contributed by atoms with E-state index in [1.807, 2.05) is 18.2 Å². The topological polar surface area (TPSA) is 77.9 Å². The van der Waals surface area contributed by atoms with Crippen molar-refractivity contribution in [1.82, 2.24) is 9.21 Å². The van der Waals surface area contributed by atoms with Gasteiger partial charge in [-0.3, -0.25) is 9.69 Å². The second kappa shape index (κ2) is 8.20. The molecule has 7 heteroatoms. The molecule has 3 fully saturated rings. The largest absolute Gasteiger partial charge is 0.481 e. The first-order chi connectivity index (χ1) is 13.9. The quantitative estimate of drug-likeness (QED) is 0.667. The van der Waals surface area contributed by atoms with E-state index in [1.54, 1.807) is 4.31 Å². The maximum atomic E-state index is 12.8. The molecule has 0 spiro atoms. The van der Waals surface area contributed by atoms with E-state index >= 15 is 0 Å². The van der Waals surface area contributed by atoms with E-state index in [9.17, 15) is 18.3 Å². The van der Waals surface area contributed by atoms with E-state index in [0.29, 0.717) is 25.4 Å². The molecular weight excluding hydrogens is 388 g/mol. The lowest BCUT2D eigenvalue weighted by Gasteiger charge is -2.29. The first-order valence-corrected chi connectivity index (χ1v) is 12.1. The smallest absolute Gasteiger partial charge is 0.303 e. The van der Waals surface area contributed by atoms with E-state index in [0.717, 1.165) is 38.0 Å². The van der Waals surface area contributed by atoms with Crippen molar-refractivity contribution < 1.29 is 18.3 Å². The lowest BCUT2D eigenvalue weighted by Crippen LogP contribution is -2.38. The molecule has 1 aliphatic carbocycles. The molecule has 1 N–H and O–H groups in total. The summed E-state index contributed by atoms with van der Waals surface area (Å²) in [5.74, 6) is -0.00560. The second-order valence-electron chi connectivity index (χ2n) is 8.97. The van der Waals surface area contributed by atoms with Crippen LogP contribution in [0.2, 0.25) is 0 Å². The molecule has 2 atom stereocenters. The number of carboxylic acid groups (broad SMARTS) is 1. The highest BCUT2D eigenvalue weighted by molar-refractivity contribution is 7.89. The van der Waals surface area contributed by atoms with Gasteiger partial charge in [-0.1, -0.05) is 42.5 Å². The van der Waals surface area contributed by atoms with Gasteiger partial charge >= 0.3 is 5.97 Å². The van der Waals surface area contributed by atoms with Gasteiger partial charge < -0.3 is 5.11 Å². The minimum absolute atomic E-state index is 0.0979. The molecule has 0 unspecified atom stereocenters. The third kappa shape index (κ3) is 4.90. The Morgan fingerprint density at radius 2 is 1.93 bits per heavy atom. The zero-order chi connectivity index (χ0) is 20.5. The minimum atomic E-state index is -3.23. The van der Waals surface area contributed by atoms with Crippen LogP contribution in [0.25, 0.3) is 6.08 Å². The summed E-state index contributed by atoms with van der Waals surface area (Å²) in [6.07, 6.45) is 6.92. The summed E-state index contributed by atoms with van der Waals surface area (Å²) in [7, 11) is -3.23. The molecule has 0 radical (unpaired) electrons. The van der Waals surface area contributed by atoms with Crippen LogP contribution in [0.15, 0.2) is 36.4 Å². The average molecular weight is 419 g/mol. The van der Waals surface area contributed by atoms with Crippen LogP contribution in [0.5, 0.6) is 0 Å². The summed E-state index contributed by atoms with van der Waals surface area (Å²) in [5, 5.41) is 9.22. The molecular formula is C22H30N2O4S. The van der Waals surface area contributed by atoms with Gasteiger partial charge in [-0.15, -0.1) is 0 Å². The van der Waals surface area contributed by atoms with Gasteiger partial charge in [0.2, 0.25) is 10.0 Å². The lowest BCUT2D eigenvalue weighted by molar-refractivity contribution is -0.137. The van der Waals surface area contributed by atoms with Crippen LogP contribution >= 0.6 is 0 Å². The van der Waals surface area contributed by atoms with Gasteiger partial charge in [0.05, 0.1) is 5.75 Å². The highest BCUT2D eigenvalue weighted by Crippen LogP contribution is 2.47. The van der Waals surface area contributed by atoms with Crippen LogP contribution in [0.1, 0.15) is 31.2 Å². The molecule has 0 bridgehead atoms. The van der Waals surface area contributed by atoms with Gasteiger partial charge in [0, 0.05) is 44.6 Å². The normalized spacial score (nSPS) is 28.2. The van der Waals surface area contributed by atoms with Crippen molar-refractivity contribution in [2.75, 3.05) is 38.5 Å². The average Bonchev–Trinajstić information content (AvgIpc) is 3.30. The molecule has 158 valence electrons. The van der Waals surface area contributed by atoms with E-state index in [1.165, 1.54) is 0 Å². The second-order valence-corrected chi connectivity index (χ2v) is 11.0. The molecule has 2 aliphatic heterocycles. The molecule has 29 heavy (non-hydrogen) atoms. The number of sulfonamides is 1. The monoisotopic (exact) mass is 418 g/mol. The Morgan fingerprint density at radius 3 is 2.62 bits per heavy atom. The highest BCUT2D eigenvalue weighted by atomic mass is 32.2. The Kier molecular flexibility index (Phi) is 5.82. The predicted octanol–water partition coefficient (Wildman–Crippen LogP) is 2.54. The number of carboxylic acids is 1. The van der Waals surface area contributed by atoms with E-state index in [4.69, 9.17) is 0 Å². The molecule has 1 aromatic carbocycles. The van der Waals surface area contributed by atoms with Crippen molar-refractivity contribution >= 4 is 22.1 Å². The summed E-state index contributed by atoms with van der Waals surface area (Å²) >= 11 is 0. The Labute approximate surface area is 173 Å². The number of nitrogens with zero attached hydrogens (tertiary/aromatic N) is 2. The Hall–Kier alpha value is -1.70. The Morgan fingerprint density at radius 1 is 1.17 bits per heavy atom. The molecule has 4 rings (SSSR count). The summed E-state index contributed by atoms with van der Waals surface area (Å²) in [6, 6.07) is 10.1. The first-order valence-electron chi connectivity index (χ1n) is 10.5. The molecule has 2 heterocycles. The van der Waals surface area contributed by atoms with Crippen molar-refractivity contribution in [3.05, 3.63) is 42.0 Å². The van der Waals surface area contributed by atoms with Crippen molar-refractivity contribution in [3.63, 3.8) is 0 Å². The Balaban J connectivity index is 1.42. The summed E-state index contributed by atoms with van der Waals surface area (Å²) < 4.78 is 27.2. The van der Waals surface area contributed by atoms with Crippen LogP contribution in [-0.4, -0.2) is 67.2 Å². The van der Waals surface area contributed by atoms with Crippen LogP contribution in [0, 0.1) is 17.3 Å². The number of benzene rings is 1. The summed E-state index contributed by atoms with van der Waals surface area (Å²) in [4.78, 5) is 13.6. The van der Waals surface area contributed by atoms with Crippen molar-refractivity contribution in [2.24, 2.45) is 17.3 Å². The summed E-state index contributed by atoms with van der Waals surface area (Å²) in [6.45, 7) is 3.40. The van der Waals surface area contributed by atoms with Gasteiger partial charge in [-0.05, 0) is 36.7 Å². The van der Waals surface area contributed by atoms with Crippen molar-refractivity contribution in [1.29, 1.82) is 0 Å². The summed E-state index contributed by atoms with van der Waals surface area (Å²) in [5.41, 5.74) is 0.917. The van der Waals surface area contributed by atoms with Crippen LogP contribution in [-0.2, 0) is 14.8 Å². The number of aliphatic carboxylic acids is 1. The number of hydrogen-bond acceptors (Lipinski definition) is 4. The number of rotatable bonds is 9. The molecule has 0 amide bonds. The fraction of sp³-hybridized carbons (Fsp3) is 0.591. The fourth-order valence-electron chi connectivity index (χ4n) is 4.90. The number of fused-ring (bicyclic) bond motifs is 1. The molecule has 2 saturated heterocycles. The van der Waals surface area contributed by atoms with Gasteiger partial charge in [-0.25, -0.2) is 12.7 Å². The maximum absolute atomic E-state index is 12.8. The van der Waals surface area contributed by atoms with Crippen LogP contribution < -0.4 is 0 Å². The highest BCUT2D eigenvalue weighted by Gasteiger charge is 2.54.